The number of carbonyl (C=O) groups is 2. The molecule has 0 radical (unpaired) electrons. The summed E-state index contributed by atoms with van der Waals surface area (Å²) in [5, 5.41) is 2.68. The molecule has 0 saturated carbocycles. The minimum Gasteiger partial charge on any atom is -0.452 e. The van der Waals surface area contributed by atoms with Gasteiger partial charge in [0, 0.05) is 11.0 Å². The maximum atomic E-state index is 13.1. The van der Waals surface area contributed by atoms with E-state index in [2.05, 4.69) is 21.2 Å². The molecule has 23 heavy (non-hydrogen) atoms. The lowest BCUT2D eigenvalue weighted by atomic mass is 10.2. The number of rotatable bonds is 5. The highest BCUT2D eigenvalue weighted by molar-refractivity contribution is 9.10. The van der Waals surface area contributed by atoms with Crippen LogP contribution in [0.1, 0.15) is 15.9 Å². The van der Waals surface area contributed by atoms with Crippen molar-refractivity contribution >= 4 is 39.4 Å². The predicted octanol–water partition coefficient (Wildman–Crippen LogP) is 3.71. The van der Waals surface area contributed by atoms with Crippen LogP contribution in [0.25, 0.3) is 0 Å². The van der Waals surface area contributed by atoms with E-state index in [4.69, 9.17) is 16.3 Å². The molecule has 4 nitrogen and oxygen atoms in total. The Bertz CT molecular complexity index is 739. The van der Waals surface area contributed by atoms with Gasteiger partial charge in [-0.05, 0) is 29.8 Å². The summed E-state index contributed by atoms with van der Waals surface area (Å²) < 4.78 is 18.8. The SMILES string of the molecule is O=C(COC(=O)c1cc(F)ccc1Cl)NCc1ccccc1Br. The Morgan fingerprint density at radius 3 is 2.70 bits per heavy atom. The van der Waals surface area contributed by atoms with Gasteiger partial charge >= 0.3 is 5.97 Å². The van der Waals surface area contributed by atoms with Gasteiger partial charge in [0.1, 0.15) is 5.82 Å². The monoisotopic (exact) mass is 399 g/mol. The minimum atomic E-state index is -0.856. The maximum Gasteiger partial charge on any atom is 0.340 e. The van der Waals surface area contributed by atoms with E-state index in [0.717, 1.165) is 22.2 Å². The Hall–Kier alpha value is -1.92. The van der Waals surface area contributed by atoms with Crippen LogP contribution in [0.15, 0.2) is 46.9 Å². The zero-order valence-corrected chi connectivity index (χ0v) is 14.2. The normalized spacial score (nSPS) is 10.2. The molecule has 0 bridgehead atoms. The Morgan fingerprint density at radius 1 is 1.22 bits per heavy atom. The molecule has 120 valence electrons. The fourth-order valence-electron chi connectivity index (χ4n) is 1.75. The topological polar surface area (TPSA) is 55.4 Å². The summed E-state index contributed by atoms with van der Waals surface area (Å²) >= 11 is 9.16. The molecule has 0 aliphatic heterocycles. The molecule has 0 heterocycles. The molecule has 0 spiro atoms. The molecular formula is C16H12BrClFNO3. The highest BCUT2D eigenvalue weighted by Crippen LogP contribution is 2.18. The van der Waals surface area contributed by atoms with Crippen LogP contribution in [0.2, 0.25) is 5.02 Å². The van der Waals surface area contributed by atoms with Gasteiger partial charge in [0.25, 0.3) is 5.91 Å². The average molecular weight is 401 g/mol. The highest BCUT2D eigenvalue weighted by Gasteiger charge is 2.14. The van der Waals surface area contributed by atoms with E-state index >= 15 is 0 Å². The second-order valence-electron chi connectivity index (χ2n) is 4.57. The number of nitrogens with one attached hydrogen (secondary N) is 1. The fourth-order valence-corrected chi connectivity index (χ4v) is 2.37. The summed E-state index contributed by atoms with van der Waals surface area (Å²) in [6, 6.07) is 10.8. The molecule has 7 heteroatoms. The highest BCUT2D eigenvalue weighted by atomic mass is 79.9. The molecule has 2 aromatic rings. The molecule has 2 rings (SSSR count). The molecule has 0 fully saturated rings. The number of benzene rings is 2. The standard InChI is InChI=1S/C16H12BrClFNO3/c17-13-4-2-1-3-10(13)8-20-15(21)9-23-16(22)12-7-11(19)5-6-14(12)18/h1-7H,8-9H2,(H,20,21). The molecular weight excluding hydrogens is 389 g/mol. The zero-order chi connectivity index (χ0) is 16.8. The molecule has 0 saturated heterocycles. The Labute approximate surface area is 145 Å². The van der Waals surface area contributed by atoms with Gasteiger partial charge in [-0.3, -0.25) is 4.79 Å². The molecule has 0 unspecified atom stereocenters. The van der Waals surface area contributed by atoms with Gasteiger partial charge < -0.3 is 10.1 Å². The molecule has 0 atom stereocenters. The van der Waals surface area contributed by atoms with Crippen molar-refractivity contribution in [3.05, 3.63) is 68.9 Å². The van der Waals surface area contributed by atoms with Crippen molar-refractivity contribution in [1.82, 2.24) is 5.32 Å². The molecule has 2 aromatic carbocycles. The van der Waals surface area contributed by atoms with E-state index in [1.807, 2.05) is 24.3 Å². The Kier molecular flexibility index (Phi) is 6.12. The Morgan fingerprint density at radius 2 is 1.96 bits per heavy atom. The van der Waals surface area contributed by atoms with Crippen LogP contribution in [0.4, 0.5) is 4.39 Å². The van der Waals surface area contributed by atoms with E-state index < -0.39 is 24.3 Å². The largest absolute Gasteiger partial charge is 0.452 e. The number of ether oxygens (including phenoxy) is 1. The maximum absolute atomic E-state index is 13.1. The summed E-state index contributed by atoms with van der Waals surface area (Å²) in [7, 11) is 0. The van der Waals surface area contributed by atoms with Crippen molar-refractivity contribution < 1.29 is 18.7 Å². The number of carbonyl (C=O) groups excluding carboxylic acids is 2. The van der Waals surface area contributed by atoms with Gasteiger partial charge in [-0.15, -0.1) is 0 Å². The first kappa shape index (κ1) is 17.4. The lowest BCUT2D eigenvalue weighted by Crippen LogP contribution is -2.28. The van der Waals surface area contributed by atoms with E-state index in [1.54, 1.807) is 0 Å². The first-order chi connectivity index (χ1) is 11.0. The summed E-state index contributed by atoms with van der Waals surface area (Å²) in [6.07, 6.45) is 0. The van der Waals surface area contributed by atoms with E-state index in [0.29, 0.717) is 6.54 Å². The molecule has 0 aromatic heterocycles. The number of hydrogen-bond acceptors (Lipinski definition) is 3. The van der Waals surface area contributed by atoms with Crippen LogP contribution in [0.5, 0.6) is 0 Å². The first-order valence-electron chi connectivity index (χ1n) is 6.59. The molecule has 0 aliphatic rings. The van der Waals surface area contributed by atoms with Gasteiger partial charge in [-0.1, -0.05) is 45.7 Å². The van der Waals surface area contributed by atoms with Crippen LogP contribution >= 0.6 is 27.5 Å². The van der Waals surface area contributed by atoms with Crippen LogP contribution in [0, 0.1) is 5.82 Å². The third kappa shape index (κ3) is 5.04. The van der Waals surface area contributed by atoms with E-state index in [9.17, 15) is 14.0 Å². The van der Waals surface area contributed by atoms with Gasteiger partial charge in [0.2, 0.25) is 0 Å². The van der Waals surface area contributed by atoms with Crippen molar-refractivity contribution in [1.29, 1.82) is 0 Å². The summed E-state index contributed by atoms with van der Waals surface area (Å²) in [5.74, 6) is -1.94. The second kappa shape index (κ2) is 8.08. The summed E-state index contributed by atoms with van der Waals surface area (Å²) in [5.41, 5.74) is 0.769. The Balaban J connectivity index is 1.86. The lowest BCUT2D eigenvalue weighted by molar-refractivity contribution is -0.124. The van der Waals surface area contributed by atoms with Crippen LogP contribution in [-0.2, 0) is 16.1 Å². The third-order valence-electron chi connectivity index (χ3n) is 2.92. The van der Waals surface area contributed by atoms with Crippen LogP contribution < -0.4 is 5.32 Å². The van der Waals surface area contributed by atoms with Crippen molar-refractivity contribution in [2.24, 2.45) is 0 Å². The second-order valence-corrected chi connectivity index (χ2v) is 5.83. The summed E-state index contributed by atoms with van der Waals surface area (Å²) in [6.45, 7) is -0.186. The zero-order valence-electron chi connectivity index (χ0n) is 11.8. The van der Waals surface area contributed by atoms with Crippen molar-refractivity contribution in [2.45, 2.75) is 6.54 Å². The van der Waals surface area contributed by atoms with E-state index in [-0.39, 0.29) is 10.6 Å². The van der Waals surface area contributed by atoms with Crippen LogP contribution in [0.3, 0.4) is 0 Å². The number of esters is 1. The first-order valence-corrected chi connectivity index (χ1v) is 7.77. The number of amides is 1. The van der Waals surface area contributed by atoms with E-state index in [1.165, 1.54) is 6.07 Å². The third-order valence-corrected chi connectivity index (χ3v) is 4.02. The predicted molar refractivity (Wildman–Crippen MR) is 87.7 cm³/mol. The van der Waals surface area contributed by atoms with Gasteiger partial charge in [-0.2, -0.15) is 0 Å². The van der Waals surface area contributed by atoms with Gasteiger partial charge in [0.15, 0.2) is 6.61 Å². The van der Waals surface area contributed by atoms with Gasteiger partial charge in [0.05, 0.1) is 10.6 Å². The minimum absolute atomic E-state index is 0.0602. The fraction of sp³-hybridized carbons (Fsp3) is 0.125. The average Bonchev–Trinajstić information content (AvgIpc) is 2.54. The van der Waals surface area contributed by atoms with Crippen molar-refractivity contribution in [3.63, 3.8) is 0 Å². The molecule has 1 N–H and O–H groups in total. The van der Waals surface area contributed by atoms with Crippen molar-refractivity contribution in [2.75, 3.05) is 6.61 Å². The smallest absolute Gasteiger partial charge is 0.340 e. The van der Waals surface area contributed by atoms with Crippen LogP contribution in [-0.4, -0.2) is 18.5 Å². The molecule has 0 aliphatic carbocycles. The number of hydrogen-bond donors (Lipinski definition) is 1. The summed E-state index contributed by atoms with van der Waals surface area (Å²) in [4.78, 5) is 23.5. The quantitative estimate of drug-likeness (QED) is 0.779. The van der Waals surface area contributed by atoms with Crippen molar-refractivity contribution in [3.8, 4) is 0 Å². The molecule has 1 amide bonds. The lowest BCUT2D eigenvalue weighted by Gasteiger charge is -2.08. The van der Waals surface area contributed by atoms with Gasteiger partial charge in [-0.25, -0.2) is 9.18 Å². The number of halogens is 3.